The fraction of sp³-hybridized carbons (Fsp3) is 0.467. The molecule has 0 rings (SSSR count). The Kier molecular flexibility index (Phi) is 6.53. The maximum absolute atomic E-state index is 9.55. The van der Waals surface area contributed by atoms with Crippen molar-refractivity contribution in [1.29, 1.82) is 0 Å². The summed E-state index contributed by atoms with van der Waals surface area (Å²) >= 11 is 0. The van der Waals surface area contributed by atoms with Gasteiger partial charge in [0.25, 0.3) is 0 Å². The van der Waals surface area contributed by atoms with E-state index in [-0.39, 0.29) is 0 Å². The normalized spacial score (nSPS) is 14.4. The molecule has 0 aliphatic carbocycles. The van der Waals surface area contributed by atoms with E-state index in [9.17, 15) is 5.11 Å². The molecule has 0 aromatic carbocycles. The van der Waals surface area contributed by atoms with E-state index in [1.54, 1.807) is 6.92 Å². The van der Waals surface area contributed by atoms with Crippen molar-refractivity contribution in [2.24, 2.45) is 0 Å². The van der Waals surface area contributed by atoms with E-state index >= 15 is 0 Å². The third-order valence-corrected chi connectivity index (χ3v) is 2.13. The van der Waals surface area contributed by atoms with Crippen molar-refractivity contribution in [3.05, 3.63) is 36.0 Å². The Bertz CT molecular complexity index is 341. The number of rotatable bonds is 4. The fourth-order valence-corrected chi connectivity index (χ4v) is 1.02. The van der Waals surface area contributed by atoms with Crippen molar-refractivity contribution < 1.29 is 5.11 Å². The first-order valence-electron chi connectivity index (χ1n) is 5.55. The molecule has 0 amide bonds. The fourth-order valence-electron chi connectivity index (χ4n) is 1.02. The van der Waals surface area contributed by atoms with E-state index in [2.05, 4.69) is 45.3 Å². The van der Waals surface area contributed by atoms with Gasteiger partial charge in [0, 0.05) is 0 Å². The maximum Gasteiger partial charge on any atom is 0.141 e. The highest BCUT2D eigenvalue weighted by atomic mass is 16.3. The summed E-state index contributed by atoms with van der Waals surface area (Å²) in [6.45, 7) is 11.4. The van der Waals surface area contributed by atoms with E-state index in [4.69, 9.17) is 0 Å². The van der Waals surface area contributed by atoms with Crippen LogP contribution in [0.4, 0.5) is 0 Å². The van der Waals surface area contributed by atoms with E-state index in [1.807, 2.05) is 6.08 Å². The summed E-state index contributed by atoms with van der Waals surface area (Å²) in [5.41, 5.74) is 1.48. The predicted octanol–water partition coefficient (Wildman–Crippen LogP) is 3.62. The molecule has 0 aromatic rings. The summed E-state index contributed by atoms with van der Waals surface area (Å²) < 4.78 is 0. The molecule has 1 unspecified atom stereocenters. The first kappa shape index (κ1) is 14.7. The summed E-state index contributed by atoms with van der Waals surface area (Å²) in [5, 5.41) is 9.55. The van der Waals surface area contributed by atoms with Gasteiger partial charge in [0.2, 0.25) is 0 Å². The highest BCUT2D eigenvalue weighted by molar-refractivity contribution is 5.27. The van der Waals surface area contributed by atoms with Crippen LogP contribution in [0.15, 0.2) is 36.0 Å². The Balaban J connectivity index is 4.24. The second kappa shape index (κ2) is 7.09. The van der Waals surface area contributed by atoms with Gasteiger partial charge < -0.3 is 5.11 Å². The van der Waals surface area contributed by atoms with Gasteiger partial charge in [0.05, 0.1) is 0 Å². The lowest BCUT2D eigenvalue weighted by Gasteiger charge is -2.07. The van der Waals surface area contributed by atoms with Gasteiger partial charge in [-0.15, -0.1) is 0 Å². The van der Waals surface area contributed by atoms with Crippen LogP contribution < -0.4 is 0 Å². The number of aliphatic hydroxyl groups is 1. The molecule has 0 aliphatic rings. The lowest BCUT2D eigenvalue weighted by Crippen LogP contribution is -2.16. The Hall–Kier alpha value is -1.26. The van der Waals surface area contributed by atoms with Gasteiger partial charge in [0.1, 0.15) is 5.60 Å². The molecular weight excluding hydrogens is 196 g/mol. The third-order valence-electron chi connectivity index (χ3n) is 2.13. The SMILES string of the molecule is C=CC(C)(O)C#C/C=C(\C)CCC=C(C)C. The summed E-state index contributed by atoms with van der Waals surface area (Å²) in [5.74, 6) is 5.59. The molecule has 0 saturated heterocycles. The second-order valence-electron chi connectivity index (χ2n) is 4.43. The van der Waals surface area contributed by atoms with Crippen molar-refractivity contribution in [3.63, 3.8) is 0 Å². The van der Waals surface area contributed by atoms with Gasteiger partial charge >= 0.3 is 0 Å². The number of allylic oxidation sites excluding steroid dienone is 4. The zero-order chi connectivity index (χ0) is 12.6. The highest BCUT2D eigenvalue weighted by Crippen LogP contribution is 2.06. The van der Waals surface area contributed by atoms with Crippen LogP contribution in [-0.2, 0) is 0 Å². The molecule has 16 heavy (non-hydrogen) atoms. The Morgan fingerprint density at radius 3 is 2.50 bits per heavy atom. The first-order chi connectivity index (χ1) is 7.37. The quantitative estimate of drug-likeness (QED) is 0.564. The molecule has 0 spiro atoms. The van der Waals surface area contributed by atoms with Crippen LogP contribution >= 0.6 is 0 Å². The average Bonchev–Trinajstić information content (AvgIpc) is 2.17. The summed E-state index contributed by atoms with van der Waals surface area (Å²) in [7, 11) is 0. The molecule has 0 fully saturated rings. The van der Waals surface area contributed by atoms with Crippen molar-refractivity contribution in [1.82, 2.24) is 0 Å². The molecule has 1 atom stereocenters. The average molecular weight is 218 g/mol. The van der Waals surface area contributed by atoms with Crippen molar-refractivity contribution in [2.45, 2.75) is 46.1 Å². The molecule has 0 bridgehead atoms. The zero-order valence-electron chi connectivity index (χ0n) is 10.8. The molecule has 1 heteroatoms. The van der Waals surface area contributed by atoms with Gasteiger partial charge in [-0.25, -0.2) is 0 Å². The van der Waals surface area contributed by atoms with Gasteiger partial charge in [-0.2, -0.15) is 0 Å². The van der Waals surface area contributed by atoms with Gasteiger partial charge in [-0.05, 0) is 52.7 Å². The maximum atomic E-state index is 9.55. The zero-order valence-corrected chi connectivity index (χ0v) is 10.8. The molecule has 0 saturated carbocycles. The lowest BCUT2D eigenvalue weighted by atomic mass is 10.1. The van der Waals surface area contributed by atoms with Crippen LogP contribution in [0.25, 0.3) is 0 Å². The second-order valence-corrected chi connectivity index (χ2v) is 4.43. The van der Waals surface area contributed by atoms with Crippen molar-refractivity contribution in [3.8, 4) is 11.8 Å². The highest BCUT2D eigenvalue weighted by Gasteiger charge is 2.08. The van der Waals surface area contributed by atoms with E-state index in [0.29, 0.717) is 0 Å². The Morgan fingerprint density at radius 2 is 2.00 bits per heavy atom. The molecule has 1 N–H and O–H groups in total. The van der Waals surface area contributed by atoms with Crippen LogP contribution in [0, 0.1) is 11.8 Å². The molecule has 1 nitrogen and oxygen atoms in total. The smallest absolute Gasteiger partial charge is 0.141 e. The van der Waals surface area contributed by atoms with Crippen LogP contribution in [0.1, 0.15) is 40.5 Å². The summed E-state index contributed by atoms with van der Waals surface area (Å²) in [4.78, 5) is 0. The van der Waals surface area contributed by atoms with Gasteiger partial charge in [0.15, 0.2) is 0 Å². The lowest BCUT2D eigenvalue weighted by molar-refractivity contribution is 0.175. The van der Waals surface area contributed by atoms with Gasteiger partial charge in [-0.1, -0.05) is 35.6 Å². The molecule has 88 valence electrons. The van der Waals surface area contributed by atoms with E-state index in [1.165, 1.54) is 17.2 Å². The molecule has 0 radical (unpaired) electrons. The molecule has 0 aromatic heterocycles. The van der Waals surface area contributed by atoms with Crippen LogP contribution in [0.5, 0.6) is 0 Å². The number of hydrogen-bond donors (Lipinski definition) is 1. The van der Waals surface area contributed by atoms with Crippen LogP contribution in [-0.4, -0.2) is 10.7 Å². The van der Waals surface area contributed by atoms with E-state index in [0.717, 1.165) is 12.8 Å². The minimum atomic E-state index is -1.09. The summed E-state index contributed by atoms with van der Waals surface area (Å²) in [6, 6.07) is 0. The number of hydrogen-bond acceptors (Lipinski definition) is 1. The molecule has 0 aliphatic heterocycles. The van der Waals surface area contributed by atoms with Crippen LogP contribution in [0.3, 0.4) is 0 Å². The standard InChI is InChI=1S/C15H22O/c1-6-15(5,16)12-8-11-14(4)10-7-9-13(2)3/h6,9,11,16H,1,7,10H2,2-5H3/b14-11+. The summed E-state index contributed by atoms with van der Waals surface area (Å²) in [6.07, 6.45) is 7.56. The minimum absolute atomic E-state index is 1.01. The third kappa shape index (κ3) is 8.08. The predicted molar refractivity (Wildman–Crippen MR) is 71.0 cm³/mol. The largest absolute Gasteiger partial charge is 0.374 e. The van der Waals surface area contributed by atoms with Crippen LogP contribution in [0.2, 0.25) is 0 Å². The molecular formula is C15H22O. The van der Waals surface area contributed by atoms with Gasteiger partial charge in [-0.3, -0.25) is 0 Å². The monoisotopic (exact) mass is 218 g/mol. The van der Waals surface area contributed by atoms with Crippen molar-refractivity contribution in [2.75, 3.05) is 0 Å². The first-order valence-corrected chi connectivity index (χ1v) is 5.55. The molecule has 0 heterocycles. The Morgan fingerprint density at radius 1 is 1.38 bits per heavy atom. The van der Waals surface area contributed by atoms with Crippen molar-refractivity contribution >= 4 is 0 Å². The van der Waals surface area contributed by atoms with E-state index < -0.39 is 5.60 Å². The minimum Gasteiger partial charge on any atom is -0.374 e. The topological polar surface area (TPSA) is 20.2 Å². The Labute approximate surface area is 99.6 Å².